The number of carbonyl (C=O) groups is 1. The molecular weight excluding hydrogens is 178 g/mol. The number of ether oxygens (including phenoxy) is 1. The predicted molar refractivity (Wildman–Crippen MR) is 55.3 cm³/mol. The lowest BCUT2D eigenvalue weighted by atomic mass is 10.5. The van der Waals surface area contributed by atoms with E-state index in [9.17, 15) is 4.79 Å². The van der Waals surface area contributed by atoms with Gasteiger partial charge in [0.25, 0.3) is 5.91 Å². The van der Waals surface area contributed by atoms with Gasteiger partial charge < -0.3 is 9.64 Å². The molecular formula is C11H13NO2. The van der Waals surface area contributed by atoms with Crippen molar-refractivity contribution in [3.63, 3.8) is 0 Å². The van der Waals surface area contributed by atoms with Crippen LogP contribution in [0.15, 0.2) is 12.7 Å². The van der Waals surface area contributed by atoms with Crippen LogP contribution in [0.2, 0.25) is 0 Å². The van der Waals surface area contributed by atoms with Crippen LogP contribution in [0.25, 0.3) is 0 Å². The van der Waals surface area contributed by atoms with Crippen LogP contribution in [0.4, 0.5) is 0 Å². The molecule has 1 amide bonds. The van der Waals surface area contributed by atoms with Gasteiger partial charge >= 0.3 is 0 Å². The van der Waals surface area contributed by atoms with Crippen LogP contribution in [0.1, 0.15) is 0 Å². The Hall–Kier alpha value is -1.71. The second-order valence-corrected chi connectivity index (χ2v) is 2.46. The third-order valence-corrected chi connectivity index (χ3v) is 1.32. The highest BCUT2D eigenvalue weighted by atomic mass is 16.5. The fourth-order valence-electron chi connectivity index (χ4n) is 0.601. The Morgan fingerprint density at radius 3 is 2.93 bits per heavy atom. The molecule has 0 fully saturated rings. The van der Waals surface area contributed by atoms with Crippen LogP contribution < -0.4 is 0 Å². The van der Waals surface area contributed by atoms with Crippen molar-refractivity contribution < 1.29 is 9.53 Å². The number of hydrogen-bond acceptors (Lipinski definition) is 2. The summed E-state index contributed by atoms with van der Waals surface area (Å²) in [6, 6.07) is 0. The lowest BCUT2D eigenvalue weighted by Crippen LogP contribution is -2.25. The van der Waals surface area contributed by atoms with E-state index in [1.807, 2.05) is 5.92 Å². The summed E-state index contributed by atoms with van der Waals surface area (Å²) in [6.07, 6.45) is 6.57. The molecule has 0 aliphatic carbocycles. The zero-order valence-corrected chi connectivity index (χ0v) is 8.25. The topological polar surface area (TPSA) is 29.5 Å². The van der Waals surface area contributed by atoms with E-state index in [1.165, 1.54) is 4.90 Å². The summed E-state index contributed by atoms with van der Waals surface area (Å²) in [7, 11) is 1.60. The second-order valence-electron chi connectivity index (χ2n) is 2.46. The zero-order valence-electron chi connectivity index (χ0n) is 8.25. The Bertz CT molecular complexity index is 291. The number of nitrogens with zero attached hydrogens (tertiary/aromatic N) is 1. The van der Waals surface area contributed by atoms with Crippen molar-refractivity contribution in [2.75, 3.05) is 26.8 Å². The minimum absolute atomic E-state index is 0.320. The van der Waals surface area contributed by atoms with Crippen molar-refractivity contribution in [2.24, 2.45) is 0 Å². The van der Waals surface area contributed by atoms with Crippen molar-refractivity contribution >= 4 is 5.91 Å². The van der Waals surface area contributed by atoms with Crippen molar-refractivity contribution in [1.82, 2.24) is 4.90 Å². The van der Waals surface area contributed by atoms with Gasteiger partial charge in [-0.2, -0.15) is 0 Å². The average molecular weight is 191 g/mol. The van der Waals surface area contributed by atoms with E-state index in [1.54, 1.807) is 13.1 Å². The Morgan fingerprint density at radius 2 is 2.36 bits per heavy atom. The normalized spacial score (nSPS) is 8.00. The van der Waals surface area contributed by atoms with Crippen LogP contribution in [-0.2, 0) is 9.53 Å². The van der Waals surface area contributed by atoms with Gasteiger partial charge in [0.05, 0.1) is 13.2 Å². The van der Waals surface area contributed by atoms with Crippen LogP contribution in [-0.4, -0.2) is 37.6 Å². The zero-order chi connectivity index (χ0) is 10.8. The van der Waals surface area contributed by atoms with Gasteiger partial charge in [-0.05, 0) is 5.92 Å². The molecule has 74 valence electrons. The molecule has 0 saturated carbocycles. The van der Waals surface area contributed by atoms with Gasteiger partial charge in [0.1, 0.15) is 6.61 Å². The number of rotatable bonds is 4. The molecule has 0 spiro atoms. The highest BCUT2D eigenvalue weighted by Gasteiger charge is 2.00. The molecule has 0 aromatic rings. The summed E-state index contributed by atoms with van der Waals surface area (Å²) in [5.74, 6) is 7.14. The fraction of sp³-hybridized carbons (Fsp3) is 0.364. The first kappa shape index (κ1) is 12.3. The quantitative estimate of drug-likeness (QED) is 0.363. The highest BCUT2D eigenvalue weighted by Crippen LogP contribution is 1.80. The van der Waals surface area contributed by atoms with Crippen LogP contribution in [0.3, 0.4) is 0 Å². The van der Waals surface area contributed by atoms with Gasteiger partial charge in [0, 0.05) is 7.05 Å². The number of amides is 1. The Morgan fingerprint density at radius 1 is 1.64 bits per heavy atom. The van der Waals surface area contributed by atoms with Gasteiger partial charge in [-0.1, -0.05) is 17.9 Å². The molecule has 0 aliphatic heterocycles. The summed E-state index contributed by atoms with van der Waals surface area (Å²) < 4.78 is 5.02. The summed E-state index contributed by atoms with van der Waals surface area (Å²) >= 11 is 0. The molecule has 0 heterocycles. The summed E-state index contributed by atoms with van der Waals surface area (Å²) in [5.41, 5.74) is 0. The van der Waals surface area contributed by atoms with Crippen LogP contribution in [0.5, 0.6) is 0 Å². The highest BCUT2D eigenvalue weighted by molar-refractivity contribution is 5.92. The first-order valence-electron chi connectivity index (χ1n) is 4.08. The molecule has 0 aliphatic rings. The molecule has 0 unspecified atom stereocenters. The van der Waals surface area contributed by atoms with Crippen molar-refractivity contribution in [1.29, 1.82) is 0 Å². The Labute approximate surface area is 84.7 Å². The third-order valence-electron chi connectivity index (χ3n) is 1.32. The van der Waals surface area contributed by atoms with Crippen molar-refractivity contribution in [3.05, 3.63) is 12.7 Å². The van der Waals surface area contributed by atoms with Crippen molar-refractivity contribution in [3.8, 4) is 24.2 Å². The Kier molecular flexibility index (Phi) is 6.95. The molecule has 0 radical (unpaired) electrons. The van der Waals surface area contributed by atoms with E-state index >= 15 is 0 Å². The molecule has 0 saturated heterocycles. The maximum atomic E-state index is 10.9. The van der Waals surface area contributed by atoms with E-state index in [-0.39, 0.29) is 5.91 Å². The number of terminal acetylenes is 1. The van der Waals surface area contributed by atoms with E-state index in [0.717, 1.165) is 0 Å². The largest absolute Gasteiger partial charge is 0.365 e. The van der Waals surface area contributed by atoms with Gasteiger partial charge in [-0.15, -0.1) is 13.0 Å². The molecule has 14 heavy (non-hydrogen) atoms. The minimum Gasteiger partial charge on any atom is -0.365 e. The second kappa shape index (κ2) is 7.91. The molecule has 3 heteroatoms. The van der Waals surface area contributed by atoms with Crippen LogP contribution >= 0.6 is 0 Å². The van der Waals surface area contributed by atoms with E-state index < -0.39 is 0 Å². The Balaban J connectivity index is 3.65. The van der Waals surface area contributed by atoms with E-state index in [4.69, 9.17) is 11.2 Å². The van der Waals surface area contributed by atoms with Crippen LogP contribution in [0, 0.1) is 24.2 Å². The van der Waals surface area contributed by atoms with Crippen molar-refractivity contribution in [2.45, 2.75) is 0 Å². The SMILES string of the molecule is C#CC(=O)N(C)CC#CCOCC=C. The molecule has 0 N–H and O–H groups in total. The van der Waals surface area contributed by atoms with E-state index in [2.05, 4.69) is 18.4 Å². The first-order valence-corrected chi connectivity index (χ1v) is 4.08. The minimum atomic E-state index is -0.369. The van der Waals surface area contributed by atoms with Gasteiger partial charge in [0.15, 0.2) is 0 Å². The summed E-state index contributed by atoms with van der Waals surface area (Å²) in [4.78, 5) is 12.2. The monoisotopic (exact) mass is 191 g/mol. The molecule has 0 rings (SSSR count). The number of hydrogen-bond donors (Lipinski definition) is 0. The fourth-order valence-corrected chi connectivity index (χ4v) is 0.601. The molecule has 3 nitrogen and oxygen atoms in total. The van der Waals surface area contributed by atoms with E-state index in [0.29, 0.717) is 19.8 Å². The van der Waals surface area contributed by atoms with Gasteiger partial charge in [-0.3, -0.25) is 4.79 Å². The van der Waals surface area contributed by atoms with Gasteiger partial charge in [0.2, 0.25) is 0 Å². The predicted octanol–water partition coefficient (Wildman–Crippen LogP) is 0.284. The van der Waals surface area contributed by atoms with Gasteiger partial charge in [-0.25, -0.2) is 0 Å². The number of carbonyl (C=O) groups excluding carboxylic acids is 1. The average Bonchev–Trinajstić information content (AvgIpc) is 2.21. The summed E-state index contributed by atoms with van der Waals surface area (Å²) in [5, 5.41) is 0. The standard InChI is InChI=1S/C11H13NO2/c1-4-9-14-10-7-6-8-12(3)11(13)5-2/h2,4H,1,8-10H2,3H3. The lowest BCUT2D eigenvalue weighted by molar-refractivity contribution is -0.123. The molecule has 0 aromatic carbocycles. The maximum absolute atomic E-state index is 10.9. The summed E-state index contributed by atoms with van der Waals surface area (Å²) in [6.45, 7) is 4.63. The smallest absolute Gasteiger partial charge is 0.298 e. The molecule has 0 atom stereocenters. The molecule has 0 aromatic heterocycles. The third kappa shape index (κ3) is 5.88. The molecule has 0 bridgehead atoms. The first-order chi connectivity index (χ1) is 6.72. The maximum Gasteiger partial charge on any atom is 0.298 e. The lowest BCUT2D eigenvalue weighted by Gasteiger charge is -2.07.